The van der Waals surface area contributed by atoms with Crippen molar-refractivity contribution >= 4 is 17.0 Å². The van der Waals surface area contributed by atoms with Crippen molar-refractivity contribution in [2.45, 2.75) is 25.3 Å². The van der Waals surface area contributed by atoms with Crippen LogP contribution in [0.1, 0.15) is 24.5 Å². The van der Waals surface area contributed by atoms with E-state index in [9.17, 15) is 4.39 Å². The Morgan fingerprint density at radius 1 is 1.22 bits per heavy atom. The zero-order valence-electron chi connectivity index (χ0n) is 15.2. The van der Waals surface area contributed by atoms with Crippen LogP contribution in [0.15, 0.2) is 66.2 Å². The smallest absolute Gasteiger partial charge is 0.191 e. The van der Waals surface area contributed by atoms with E-state index in [2.05, 4.69) is 11.1 Å². The number of halogens is 1. The summed E-state index contributed by atoms with van der Waals surface area (Å²) in [5, 5.41) is 0. The van der Waals surface area contributed by atoms with Gasteiger partial charge in [0.1, 0.15) is 11.6 Å². The van der Waals surface area contributed by atoms with Crippen LogP contribution in [0.2, 0.25) is 0 Å². The van der Waals surface area contributed by atoms with E-state index < -0.39 is 0 Å². The Kier molecular flexibility index (Phi) is 4.94. The second-order valence-electron chi connectivity index (χ2n) is 6.56. The van der Waals surface area contributed by atoms with Gasteiger partial charge >= 0.3 is 0 Å². The molecule has 27 heavy (non-hydrogen) atoms. The van der Waals surface area contributed by atoms with Gasteiger partial charge in [-0.15, -0.1) is 6.58 Å². The first-order valence-electron chi connectivity index (χ1n) is 8.99. The van der Waals surface area contributed by atoms with Crippen molar-refractivity contribution in [2.24, 2.45) is 4.99 Å². The van der Waals surface area contributed by atoms with Crippen LogP contribution < -0.4 is 9.54 Å². The maximum atomic E-state index is 14.5. The third-order valence-corrected chi connectivity index (χ3v) is 5.77. The molecule has 1 aromatic heterocycles. The lowest BCUT2D eigenvalue weighted by molar-refractivity contribution is 0.415. The normalized spacial score (nSPS) is 14.4. The van der Waals surface area contributed by atoms with Gasteiger partial charge < -0.3 is 9.30 Å². The number of benzene rings is 2. The number of aromatic nitrogens is 1. The monoisotopic (exact) mass is 380 g/mol. The summed E-state index contributed by atoms with van der Waals surface area (Å²) in [6, 6.07) is 14.6. The molecule has 3 aromatic rings. The van der Waals surface area contributed by atoms with Crippen LogP contribution in [0.4, 0.5) is 10.1 Å². The predicted octanol–water partition coefficient (Wildman–Crippen LogP) is 5.66. The van der Waals surface area contributed by atoms with Crippen LogP contribution >= 0.6 is 11.3 Å². The van der Waals surface area contributed by atoms with E-state index in [-0.39, 0.29) is 5.82 Å². The van der Waals surface area contributed by atoms with Crippen LogP contribution in [0, 0.1) is 5.82 Å². The molecule has 0 aliphatic heterocycles. The zero-order chi connectivity index (χ0) is 18.8. The average Bonchev–Trinajstić information content (AvgIpc) is 3.47. The van der Waals surface area contributed by atoms with Crippen LogP contribution in [-0.4, -0.2) is 11.7 Å². The molecule has 1 heterocycles. The minimum Gasteiger partial charge on any atom is -0.497 e. The van der Waals surface area contributed by atoms with E-state index in [0.717, 1.165) is 34.0 Å². The SMILES string of the molecule is C=CCn1c(C2CC2)c(-c2ccccc2F)sc1=Nc1ccc(OC)cc1. The van der Waals surface area contributed by atoms with Gasteiger partial charge in [-0.05, 0) is 43.2 Å². The molecule has 5 heteroatoms. The highest BCUT2D eigenvalue weighted by Gasteiger charge is 2.31. The van der Waals surface area contributed by atoms with Crippen molar-refractivity contribution in [3.05, 3.63) is 77.5 Å². The van der Waals surface area contributed by atoms with Crippen molar-refractivity contribution in [1.82, 2.24) is 4.57 Å². The summed E-state index contributed by atoms with van der Waals surface area (Å²) in [5.41, 5.74) is 2.67. The van der Waals surface area contributed by atoms with E-state index in [4.69, 9.17) is 9.73 Å². The fourth-order valence-electron chi connectivity index (χ4n) is 3.18. The molecule has 3 nitrogen and oxygen atoms in total. The Hall–Kier alpha value is -2.66. The van der Waals surface area contributed by atoms with Crippen LogP contribution in [0.3, 0.4) is 0 Å². The minimum absolute atomic E-state index is 0.192. The van der Waals surface area contributed by atoms with E-state index in [1.807, 2.05) is 42.5 Å². The molecule has 0 unspecified atom stereocenters. The first-order valence-corrected chi connectivity index (χ1v) is 9.81. The Balaban J connectivity index is 1.90. The molecular formula is C22H21FN2OS. The zero-order valence-corrected chi connectivity index (χ0v) is 16.0. The van der Waals surface area contributed by atoms with Crippen molar-refractivity contribution in [2.75, 3.05) is 7.11 Å². The molecule has 2 aromatic carbocycles. The number of rotatable bonds is 6. The maximum Gasteiger partial charge on any atom is 0.191 e. The largest absolute Gasteiger partial charge is 0.497 e. The van der Waals surface area contributed by atoms with E-state index in [1.54, 1.807) is 24.5 Å². The Morgan fingerprint density at radius 3 is 2.59 bits per heavy atom. The molecule has 0 bridgehead atoms. The lowest BCUT2D eigenvalue weighted by Crippen LogP contribution is -2.16. The first-order chi connectivity index (χ1) is 13.2. The molecule has 0 atom stereocenters. The molecule has 1 fully saturated rings. The Bertz CT molecular complexity index is 1030. The lowest BCUT2D eigenvalue weighted by Gasteiger charge is -2.08. The van der Waals surface area contributed by atoms with Crippen molar-refractivity contribution in [3.8, 4) is 16.2 Å². The average molecular weight is 380 g/mol. The van der Waals surface area contributed by atoms with Gasteiger partial charge in [0.05, 0.1) is 17.7 Å². The van der Waals surface area contributed by atoms with Crippen molar-refractivity contribution < 1.29 is 9.13 Å². The van der Waals surface area contributed by atoms with Gasteiger partial charge in [-0.3, -0.25) is 0 Å². The van der Waals surface area contributed by atoms with Gasteiger partial charge in [-0.1, -0.05) is 35.6 Å². The summed E-state index contributed by atoms with van der Waals surface area (Å²) >= 11 is 1.54. The number of methoxy groups -OCH3 is 1. The summed E-state index contributed by atoms with van der Waals surface area (Å²) in [6.45, 7) is 4.56. The van der Waals surface area contributed by atoms with Gasteiger partial charge in [0.2, 0.25) is 0 Å². The number of nitrogens with zero attached hydrogens (tertiary/aromatic N) is 2. The molecule has 0 spiro atoms. The van der Waals surface area contributed by atoms with Crippen molar-refractivity contribution in [1.29, 1.82) is 0 Å². The minimum atomic E-state index is -0.192. The predicted molar refractivity (Wildman–Crippen MR) is 108 cm³/mol. The number of allylic oxidation sites excluding steroid dienone is 1. The van der Waals surface area contributed by atoms with Gasteiger partial charge in [0.25, 0.3) is 0 Å². The Labute approximate surface area is 162 Å². The second kappa shape index (κ2) is 7.53. The van der Waals surface area contributed by atoms with Crippen LogP contribution in [0.5, 0.6) is 5.75 Å². The molecule has 0 amide bonds. The first kappa shape index (κ1) is 17.7. The van der Waals surface area contributed by atoms with E-state index >= 15 is 0 Å². The van der Waals surface area contributed by atoms with Crippen molar-refractivity contribution in [3.63, 3.8) is 0 Å². The van der Waals surface area contributed by atoms with Crippen LogP contribution in [0.25, 0.3) is 10.4 Å². The van der Waals surface area contributed by atoms with E-state index in [0.29, 0.717) is 18.0 Å². The fourth-order valence-corrected chi connectivity index (χ4v) is 4.45. The maximum absolute atomic E-state index is 14.5. The third kappa shape index (κ3) is 3.60. The highest BCUT2D eigenvalue weighted by molar-refractivity contribution is 7.13. The highest BCUT2D eigenvalue weighted by Crippen LogP contribution is 2.46. The number of hydrogen-bond acceptors (Lipinski definition) is 3. The number of thiazole rings is 1. The lowest BCUT2D eigenvalue weighted by atomic mass is 10.1. The molecule has 4 rings (SSSR count). The fraction of sp³-hybridized carbons (Fsp3) is 0.227. The molecule has 0 saturated heterocycles. The van der Waals surface area contributed by atoms with Gasteiger partial charge in [0, 0.05) is 23.7 Å². The number of hydrogen-bond donors (Lipinski definition) is 0. The molecule has 1 saturated carbocycles. The van der Waals surface area contributed by atoms with Crippen LogP contribution in [-0.2, 0) is 6.54 Å². The molecule has 0 N–H and O–H groups in total. The molecule has 1 aliphatic rings. The van der Waals surface area contributed by atoms with Gasteiger partial charge in [-0.2, -0.15) is 0 Å². The third-order valence-electron chi connectivity index (χ3n) is 4.64. The Morgan fingerprint density at radius 2 is 1.96 bits per heavy atom. The summed E-state index contributed by atoms with van der Waals surface area (Å²) < 4.78 is 21.9. The molecule has 1 aliphatic carbocycles. The quantitative estimate of drug-likeness (QED) is 0.507. The summed E-state index contributed by atoms with van der Waals surface area (Å²) in [7, 11) is 1.64. The summed E-state index contributed by atoms with van der Waals surface area (Å²) in [5.74, 6) is 1.07. The topological polar surface area (TPSA) is 26.5 Å². The van der Waals surface area contributed by atoms with Gasteiger partial charge in [0.15, 0.2) is 4.80 Å². The van der Waals surface area contributed by atoms with Gasteiger partial charge in [-0.25, -0.2) is 9.38 Å². The second-order valence-corrected chi connectivity index (χ2v) is 7.54. The van der Waals surface area contributed by atoms with E-state index in [1.165, 1.54) is 11.8 Å². The molecule has 0 radical (unpaired) electrons. The molecule has 138 valence electrons. The summed E-state index contributed by atoms with van der Waals surface area (Å²) in [4.78, 5) is 6.68. The highest BCUT2D eigenvalue weighted by atomic mass is 32.1. The number of ether oxygens (including phenoxy) is 1. The standard InChI is InChI=1S/C22H21FN2OS/c1-3-14-25-20(15-8-9-15)21(18-6-4-5-7-19(18)23)27-22(25)24-16-10-12-17(26-2)13-11-16/h3-7,10-13,15H,1,8-9,14H2,2H3. The summed E-state index contributed by atoms with van der Waals surface area (Å²) in [6.07, 6.45) is 4.14. The molecular weight excluding hydrogens is 359 g/mol.